The summed E-state index contributed by atoms with van der Waals surface area (Å²) in [5.41, 5.74) is 21.1. The van der Waals surface area contributed by atoms with E-state index in [0.717, 1.165) is 124 Å². The fourth-order valence-corrected chi connectivity index (χ4v) is 13.7. The van der Waals surface area contributed by atoms with Crippen LogP contribution in [-0.4, -0.2) is 118 Å². The molecule has 0 atom stereocenters. The highest BCUT2D eigenvalue weighted by molar-refractivity contribution is 7.18. The maximum Gasteiger partial charge on any atom is 0.192 e. The molecule has 1 aliphatic rings. The topological polar surface area (TPSA) is 340 Å². The molecule has 1 aliphatic heterocycles. The molecule has 0 bridgehead atoms. The van der Waals surface area contributed by atoms with Gasteiger partial charge in [-0.05, 0) is 258 Å². The van der Waals surface area contributed by atoms with Crippen LogP contribution in [0.15, 0.2) is 317 Å². The smallest absolute Gasteiger partial charge is 0.192 e. The van der Waals surface area contributed by atoms with E-state index in [2.05, 4.69) is 177 Å². The summed E-state index contributed by atoms with van der Waals surface area (Å²) >= 11 is 11.3. The van der Waals surface area contributed by atoms with E-state index in [1.807, 2.05) is 278 Å². The number of fused-ring (bicyclic) bond motifs is 6. The van der Waals surface area contributed by atoms with Gasteiger partial charge in [0.25, 0.3) is 0 Å². The van der Waals surface area contributed by atoms with Gasteiger partial charge in [0.1, 0.15) is 57.2 Å². The minimum atomic E-state index is 0.653. The highest BCUT2D eigenvalue weighted by Crippen LogP contribution is 2.22. The van der Waals surface area contributed by atoms with Crippen LogP contribution < -0.4 is 5.73 Å². The van der Waals surface area contributed by atoms with Crippen LogP contribution in [0.1, 0.15) is 93.0 Å². The highest BCUT2D eigenvalue weighted by Gasteiger charge is 2.02. The number of aromatic amines is 3. The zero-order valence-electron chi connectivity index (χ0n) is 76.5. The number of pyridine rings is 4. The van der Waals surface area contributed by atoms with Crippen molar-refractivity contribution in [3.8, 4) is 0 Å². The molecule has 0 unspecified atom stereocenters. The zero-order valence-corrected chi connectivity index (χ0v) is 82.2. The van der Waals surface area contributed by atoms with E-state index in [4.69, 9.17) is 14.9 Å². The van der Waals surface area contributed by atoms with E-state index < -0.39 is 0 Å². The largest absolute Gasteiger partial charge is 0.479 e. The SMILES string of the molecule is CC1=NCCO1.Cc1ccc2ccccc2n1.Cc1ccccn1.Cc1cccs1.Cc1ccnc2ccccc12.Cc1ccncc1.Cc1ccno1.Cc1ccns1.Cc1cn[nH]c1N.Cc1nc2ccccc2[nH]1.Cc1nc2ccccc2o1.Cc1nc2ccccc2s1.Cc1ncc[nH]1.Cc1nccs1.Cc1ncns1.Cc1nncs1.Cc1snc2ccccc12. The first-order valence-corrected chi connectivity index (χ1v) is 46.9. The number of H-pyrrole nitrogens is 3. The lowest BCUT2D eigenvalue weighted by atomic mass is 10.1. The van der Waals surface area contributed by atoms with Crippen LogP contribution in [0.5, 0.6) is 0 Å². The van der Waals surface area contributed by atoms with Crippen molar-refractivity contribution in [2.45, 2.75) is 118 Å². The summed E-state index contributed by atoms with van der Waals surface area (Å²) in [6.45, 7) is 35.2. The Balaban J connectivity index is 0.000000191. The van der Waals surface area contributed by atoms with Crippen molar-refractivity contribution in [2.24, 2.45) is 4.99 Å². The molecular weight excluding hydrogens is 1770 g/mol. The molecule has 676 valence electrons. The number of thiazole rings is 2. The lowest BCUT2D eigenvalue weighted by Gasteiger charge is -1.97. The van der Waals surface area contributed by atoms with Crippen molar-refractivity contribution < 1.29 is 13.7 Å². The minimum absolute atomic E-state index is 0.653. The normalized spacial score (nSPS) is 10.1. The predicted octanol–water partition coefficient (Wildman–Crippen LogP) is 26.2. The van der Waals surface area contributed by atoms with E-state index in [1.54, 1.807) is 131 Å². The van der Waals surface area contributed by atoms with Crippen LogP contribution in [0.2, 0.25) is 0 Å². The first kappa shape index (κ1) is 104. The highest BCUT2D eigenvalue weighted by atomic mass is 32.1. The Morgan fingerprint density at radius 2 is 1.15 bits per heavy atom. The Hall–Kier alpha value is -13.9. The number of imidazole rings is 2. The molecule has 0 radical (unpaired) electrons. The lowest BCUT2D eigenvalue weighted by molar-refractivity contribution is 0.345. The molecule has 23 rings (SSSR count). The van der Waals surface area contributed by atoms with Gasteiger partial charge in [-0.1, -0.05) is 114 Å². The number of rotatable bonds is 0. The number of hydrogen-bond donors (Lipinski definition) is 4. The number of nitrogen functional groups attached to an aromatic ring is 1. The quantitative estimate of drug-likeness (QED) is 0.110. The summed E-state index contributed by atoms with van der Waals surface area (Å²) in [5, 5.41) is 29.1. The number of thiophene rings is 1. The number of nitrogens with one attached hydrogen (secondary N) is 3. The van der Waals surface area contributed by atoms with Gasteiger partial charge in [-0.25, -0.2) is 29.3 Å². The molecule has 0 saturated carbocycles. The van der Waals surface area contributed by atoms with E-state index in [-0.39, 0.29) is 0 Å². The molecule has 6 aromatic carbocycles. The van der Waals surface area contributed by atoms with E-state index in [9.17, 15) is 0 Å². The Morgan fingerprint density at radius 1 is 0.435 bits per heavy atom. The average Bonchev–Trinajstić information content (AvgIpc) is 1.15. The number of anilines is 1. The van der Waals surface area contributed by atoms with Gasteiger partial charge in [-0.3, -0.25) is 35.0 Å². The molecule has 0 aliphatic carbocycles. The summed E-state index contributed by atoms with van der Waals surface area (Å²) in [6, 6.07) is 72.4. The van der Waals surface area contributed by atoms with Crippen LogP contribution in [0, 0.1) is 111 Å². The van der Waals surface area contributed by atoms with Gasteiger partial charge in [-0.2, -0.15) is 13.8 Å². The first-order chi connectivity index (χ1) is 63.4. The minimum Gasteiger partial charge on any atom is -0.479 e. The van der Waals surface area contributed by atoms with Gasteiger partial charge in [0, 0.05) is 123 Å². The molecular formula is C99H110N22O3S7. The van der Waals surface area contributed by atoms with Gasteiger partial charge in [-0.15, -0.1) is 55.5 Å². The van der Waals surface area contributed by atoms with Gasteiger partial charge in [0.05, 0.1) is 66.8 Å². The summed E-state index contributed by atoms with van der Waals surface area (Å²) < 4.78 is 27.9. The van der Waals surface area contributed by atoms with Crippen molar-refractivity contribution in [2.75, 3.05) is 18.9 Å². The molecule has 0 fully saturated rings. The number of hydrogen-bond acceptors (Lipinski definition) is 29. The first-order valence-electron chi connectivity index (χ1n) is 41.1. The van der Waals surface area contributed by atoms with E-state index in [1.165, 1.54) is 69.7 Å². The molecule has 25 nitrogen and oxygen atoms in total. The molecule has 16 aromatic heterocycles. The van der Waals surface area contributed by atoms with Gasteiger partial charge < -0.3 is 29.4 Å². The number of benzene rings is 6. The number of aliphatic imine (C=N–C) groups is 1. The Morgan fingerprint density at radius 3 is 1.59 bits per heavy atom. The third-order valence-corrected chi connectivity index (χ3v) is 21.8. The summed E-state index contributed by atoms with van der Waals surface area (Å²) in [6.07, 6.45) is 19.2. The number of para-hydroxylation sites is 7. The number of ether oxygens (including phenoxy) is 1. The number of aryl methyl sites for hydroxylation is 16. The van der Waals surface area contributed by atoms with Crippen molar-refractivity contribution in [3.05, 3.63) is 389 Å². The molecule has 17 heterocycles. The van der Waals surface area contributed by atoms with Crippen molar-refractivity contribution in [1.82, 2.24) is 98.5 Å². The lowest BCUT2D eigenvalue weighted by Crippen LogP contribution is -1.89. The maximum absolute atomic E-state index is 5.32. The molecule has 0 spiro atoms. The number of nitrogens with zero attached hydrogens (tertiary/aromatic N) is 18. The number of nitrogens with two attached hydrogens (primary N) is 1. The summed E-state index contributed by atoms with van der Waals surface area (Å²) in [5.74, 6) is 5.00. The summed E-state index contributed by atoms with van der Waals surface area (Å²) in [4.78, 5) is 54.7. The maximum atomic E-state index is 5.32. The van der Waals surface area contributed by atoms with Crippen LogP contribution >= 0.6 is 79.9 Å². The van der Waals surface area contributed by atoms with Crippen molar-refractivity contribution in [3.63, 3.8) is 0 Å². The van der Waals surface area contributed by atoms with E-state index in [0.29, 0.717) is 5.82 Å². The second kappa shape index (κ2) is 60.8. The standard InChI is InChI=1S/2C10H9N.C8H8N2.C8H7NO.2C8H7NS.2C6H7N.C5H6S.C4H7N3.C4H6N2.C4H7NO.C4H5NO.2C4H5NS.2C3H4N2S/c1-8-6-7-11-10-5-3-2-4-9(8)10;1-8-6-7-9-4-2-3-5-10(9)11-8;3*1-6-9-7-4-2-3-5-8(7)10-6;1-6-7-4-2-3-5-8(7)9-10-6;1-6-2-4-7-5-3-6;1-6-4-2-3-5-7-6;1-5-3-2-4-6-5;1-3-2-6-7-4(3)5;2*1-4-5-2-3-6-4;1-4-2-3-5-6-4;1-4-5-2-3-6-4;1-4-2-3-5-6-4;1-3-5-4-2-6-3;1-3-4-2-5-6-3/h2*2-7H,1H3;2-5H,1H3,(H,9,10);3*2-5H,1H3;2*2-5H,1H3;2-4H,1H3;2H,1H3,(H3,5,6,7);2-3H,1H3,(H,5,6);2-3H2,1H3;3*2-3H,1H3;2*2H,1H3. The third-order valence-electron chi connectivity index (χ3n) is 16.7. The fourth-order valence-electron chi connectivity index (χ4n) is 10.2. The molecule has 22 aromatic rings. The Labute approximate surface area is 793 Å². The molecule has 5 N–H and O–H groups in total. The second-order valence-corrected chi connectivity index (χ2v) is 35.1. The van der Waals surface area contributed by atoms with Gasteiger partial charge >= 0.3 is 0 Å². The van der Waals surface area contributed by atoms with E-state index >= 15 is 0 Å². The zero-order chi connectivity index (χ0) is 94.0. The van der Waals surface area contributed by atoms with Crippen LogP contribution in [0.4, 0.5) is 5.82 Å². The van der Waals surface area contributed by atoms with Gasteiger partial charge in [0.2, 0.25) is 0 Å². The van der Waals surface area contributed by atoms with Gasteiger partial charge in [0.15, 0.2) is 17.4 Å². The van der Waals surface area contributed by atoms with Crippen LogP contribution in [0.25, 0.3) is 65.1 Å². The Kier molecular flexibility index (Phi) is 48.4. The molecule has 32 heteroatoms. The van der Waals surface area contributed by atoms with Crippen molar-refractivity contribution in [1.29, 1.82) is 0 Å². The predicted molar refractivity (Wildman–Crippen MR) is 547 cm³/mol. The van der Waals surface area contributed by atoms with Crippen LogP contribution in [0.3, 0.4) is 0 Å². The second-order valence-electron chi connectivity index (χ2n) is 27.6. The Bertz CT molecular complexity index is 5980. The molecule has 0 amide bonds. The monoisotopic (exact) mass is 1880 g/mol. The summed E-state index contributed by atoms with van der Waals surface area (Å²) in [7, 11) is 0. The van der Waals surface area contributed by atoms with Crippen LogP contribution in [-0.2, 0) is 4.74 Å². The third kappa shape index (κ3) is 43.7. The molecule has 131 heavy (non-hydrogen) atoms. The van der Waals surface area contributed by atoms with Crippen molar-refractivity contribution >= 4 is 157 Å². The number of aromatic nitrogens is 20. The molecule has 0 saturated heterocycles. The average molecular weight is 1880 g/mol. The number of oxazole rings is 1. The fraction of sp³-hybridized carbons (Fsp3) is 0.192.